The van der Waals surface area contributed by atoms with Gasteiger partial charge in [0, 0.05) is 18.6 Å². The van der Waals surface area contributed by atoms with Crippen molar-refractivity contribution >= 4 is 22.7 Å². The summed E-state index contributed by atoms with van der Waals surface area (Å²) in [6.07, 6.45) is 0. The molecule has 2 aromatic rings. The minimum Gasteiger partial charge on any atom is -0.492 e. The van der Waals surface area contributed by atoms with Gasteiger partial charge in [0.1, 0.15) is 12.3 Å². The van der Waals surface area contributed by atoms with E-state index in [1.165, 1.54) is 22.5 Å². The number of nitrogens with zero attached hydrogens (tertiary/aromatic N) is 1. The van der Waals surface area contributed by atoms with Crippen LogP contribution in [0.15, 0.2) is 54.6 Å². The normalized spacial score (nSPS) is 15.8. The van der Waals surface area contributed by atoms with E-state index in [0.29, 0.717) is 6.61 Å². The third-order valence-corrected chi connectivity index (χ3v) is 4.10. The molecule has 0 radical (unpaired) electrons. The third kappa shape index (κ3) is 2.35. The maximum Gasteiger partial charge on any atom is 0.213 e. The zero-order valence-corrected chi connectivity index (χ0v) is 13.5. The molecule has 1 heterocycles. The standard InChI is InChI=1S/C20H22NO/c1-4-21-15(3)19(17-13-9-10-14-18(17)21)20(22-5-2)16-11-7-6-8-12-16/h6-14H,4-5H2,1-3H3/q+1/b20-19-. The molecule has 3 rings (SSSR count). The Morgan fingerprint density at radius 1 is 0.955 bits per heavy atom. The Balaban J connectivity index is 2.29. The van der Waals surface area contributed by atoms with Gasteiger partial charge in [-0.1, -0.05) is 42.5 Å². The van der Waals surface area contributed by atoms with Gasteiger partial charge in [0.15, 0.2) is 5.71 Å². The summed E-state index contributed by atoms with van der Waals surface area (Å²) in [5.74, 6) is 0.976. The number of allylic oxidation sites excluding steroid dienone is 1. The Kier molecular flexibility index (Phi) is 4.10. The molecule has 0 bridgehead atoms. The zero-order chi connectivity index (χ0) is 15.5. The molecule has 0 unspecified atom stereocenters. The van der Waals surface area contributed by atoms with Crippen LogP contribution in [0.5, 0.6) is 0 Å². The number of hydrogen-bond acceptors (Lipinski definition) is 1. The van der Waals surface area contributed by atoms with Crippen LogP contribution in [0.25, 0.3) is 11.3 Å². The Morgan fingerprint density at radius 2 is 1.64 bits per heavy atom. The van der Waals surface area contributed by atoms with Gasteiger partial charge < -0.3 is 4.74 Å². The van der Waals surface area contributed by atoms with Crippen molar-refractivity contribution in [2.75, 3.05) is 13.2 Å². The second-order valence-corrected chi connectivity index (χ2v) is 5.35. The Bertz CT molecular complexity index is 741. The summed E-state index contributed by atoms with van der Waals surface area (Å²) in [5.41, 5.74) is 6.13. The predicted molar refractivity (Wildman–Crippen MR) is 92.5 cm³/mol. The van der Waals surface area contributed by atoms with Crippen molar-refractivity contribution in [1.82, 2.24) is 0 Å². The number of fused-ring (bicyclic) bond motifs is 1. The number of benzene rings is 2. The summed E-state index contributed by atoms with van der Waals surface area (Å²) in [6.45, 7) is 8.03. The molecule has 0 saturated heterocycles. The molecular weight excluding hydrogens is 270 g/mol. The Morgan fingerprint density at radius 3 is 2.32 bits per heavy atom. The molecule has 0 aliphatic carbocycles. The van der Waals surface area contributed by atoms with Gasteiger partial charge in [-0.2, -0.15) is 4.58 Å². The Labute approximate surface area is 132 Å². The highest BCUT2D eigenvalue weighted by atomic mass is 16.5. The lowest BCUT2D eigenvalue weighted by molar-refractivity contribution is -0.432. The average molecular weight is 292 g/mol. The van der Waals surface area contributed by atoms with Crippen LogP contribution in [0, 0.1) is 0 Å². The molecule has 0 atom stereocenters. The minimum atomic E-state index is 0.662. The molecule has 2 nitrogen and oxygen atoms in total. The fourth-order valence-electron chi connectivity index (χ4n) is 3.16. The van der Waals surface area contributed by atoms with E-state index in [0.717, 1.165) is 17.9 Å². The van der Waals surface area contributed by atoms with Gasteiger partial charge >= 0.3 is 0 Å². The van der Waals surface area contributed by atoms with E-state index in [4.69, 9.17) is 4.74 Å². The third-order valence-electron chi connectivity index (χ3n) is 4.10. The minimum absolute atomic E-state index is 0.662. The molecule has 0 spiro atoms. The molecule has 0 N–H and O–H groups in total. The summed E-state index contributed by atoms with van der Waals surface area (Å²) in [7, 11) is 0. The average Bonchev–Trinajstić information content (AvgIpc) is 2.85. The molecule has 0 amide bonds. The number of rotatable bonds is 4. The number of ether oxygens (including phenoxy) is 1. The topological polar surface area (TPSA) is 12.2 Å². The van der Waals surface area contributed by atoms with E-state index >= 15 is 0 Å². The highest BCUT2D eigenvalue weighted by Gasteiger charge is 2.33. The van der Waals surface area contributed by atoms with Crippen LogP contribution < -0.4 is 0 Å². The predicted octanol–water partition coefficient (Wildman–Crippen LogP) is 4.73. The first kappa shape index (κ1) is 14.6. The van der Waals surface area contributed by atoms with Gasteiger partial charge in [0.2, 0.25) is 5.69 Å². The fourth-order valence-corrected chi connectivity index (χ4v) is 3.16. The van der Waals surface area contributed by atoms with Crippen LogP contribution in [0.3, 0.4) is 0 Å². The van der Waals surface area contributed by atoms with Crippen molar-refractivity contribution in [3.8, 4) is 0 Å². The molecule has 112 valence electrons. The maximum atomic E-state index is 6.06. The summed E-state index contributed by atoms with van der Waals surface area (Å²) in [5, 5.41) is 0. The van der Waals surface area contributed by atoms with Gasteiger partial charge in [-0.3, -0.25) is 0 Å². The van der Waals surface area contributed by atoms with Gasteiger partial charge in [-0.15, -0.1) is 0 Å². The van der Waals surface area contributed by atoms with Crippen LogP contribution in [0.1, 0.15) is 31.9 Å². The molecule has 1 aliphatic heterocycles. The van der Waals surface area contributed by atoms with Crippen molar-refractivity contribution in [3.63, 3.8) is 0 Å². The number of para-hydroxylation sites is 1. The van der Waals surface area contributed by atoms with Crippen molar-refractivity contribution in [2.24, 2.45) is 0 Å². The molecule has 0 saturated carbocycles. The Hall–Kier alpha value is -2.35. The largest absolute Gasteiger partial charge is 0.492 e. The van der Waals surface area contributed by atoms with Crippen molar-refractivity contribution in [1.29, 1.82) is 0 Å². The highest BCUT2D eigenvalue weighted by molar-refractivity contribution is 6.29. The van der Waals surface area contributed by atoms with E-state index < -0.39 is 0 Å². The van der Waals surface area contributed by atoms with Gasteiger partial charge in [0.25, 0.3) is 0 Å². The second-order valence-electron chi connectivity index (χ2n) is 5.35. The SMILES string of the molecule is CCO/C(=C1/C(C)=[N+](CC)c2ccccc21)c1ccccc1. The molecule has 0 aromatic heterocycles. The summed E-state index contributed by atoms with van der Waals surface area (Å²) in [6, 6.07) is 18.9. The highest BCUT2D eigenvalue weighted by Crippen LogP contribution is 2.39. The van der Waals surface area contributed by atoms with Crippen LogP contribution in [0.4, 0.5) is 5.69 Å². The first-order chi connectivity index (χ1) is 10.8. The lowest BCUT2D eigenvalue weighted by atomic mass is 9.99. The molecule has 0 fully saturated rings. The van der Waals surface area contributed by atoms with Crippen LogP contribution >= 0.6 is 0 Å². The van der Waals surface area contributed by atoms with Crippen LogP contribution in [0.2, 0.25) is 0 Å². The van der Waals surface area contributed by atoms with Crippen LogP contribution in [-0.2, 0) is 4.74 Å². The molecule has 1 aliphatic rings. The van der Waals surface area contributed by atoms with Gasteiger partial charge in [-0.05, 0) is 19.9 Å². The fraction of sp³-hybridized carbons (Fsp3) is 0.250. The first-order valence-corrected chi connectivity index (χ1v) is 7.91. The smallest absolute Gasteiger partial charge is 0.213 e. The monoisotopic (exact) mass is 292 g/mol. The van der Waals surface area contributed by atoms with E-state index in [-0.39, 0.29) is 0 Å². The molecule has 2 aromatic carbocycles. The second kappa shape index (κ2) is 6.18. The molecule has 2 heteroatoms. The first-order valence-electron chi connectivity index (χ1n) is 7.91. The van der Waals surface area contributed by atoms with Crippen molar-refractivity contribution < 1.29 is 9.31 Å². The van der Waals surface area contributed by atoms with Gasteiger partial charge in [-0.25, -0.2) is 0 Å². The van der Waals surface area contributed by atoms with E-state index in [2.05, 4.69) is 67.0 Å². The van der Waals surface area contributed by atoms with E-state index in [9.17, 15) is 0 Å². The lowest BCUT2D eigenvalue weighted by Crippen LogP contribution is -2.10. The van der Waals surface area contributed by atoms with E-state index in [1.807, 2.05) is 13.0 Å². The van der Waals surface area contributed by atoms with Crippen LogP contribution in [-0.4, -0.2) is 23.4 Å². The molecular formula is C20H22NO+. The summed E-state index contributed by atoms with van der Waals surface area (Å²) < 4.78 is 8.42. The van der Waals surface area contributed by atoms with E-state index in [1.54, 1.807) is 0 Å². The molecule has 22 heavy (non-hydrogen) atoms. The van der Waals surface area contributed by atoms with Gasteiger partial charge in [0.05, 0.1) is 17.7 Å². The van der Waals surface area contributed by atoms with Crippen molar-refractivity contribution in [3.05, 3.63) is 65.7 Å². The number of hydrogen-bond donors (Lipinski definition) is 0. The summed E-state index contributed by atoms with van der Waals surface area (Å²) in [4.78, 5) is 0. The quantitative estimate of drug-likeness (QED) is 0.586. The lowest BCUT2D eigenvalue weighted by Gasteiger charge is -2.12. The summed E-state index contributed by atoms with van der Waals surface area (Å²) >= 11 is 0. The van der Waals surface area contributed by atoms with Crippen molar-refractivity contribution in [2.45, 2.75) is 20.8 Å². The maximum absolute atomic E-state index is 6.06. The zero-order valence-electron chi connectivity index (χ0n) is 13.5.